The molecule has 0 aromatic carbocycles. The number of rotatable bonds is 9. The molecule has 73 heavy (non-hydrogen) atoms. The Labute approximate surface area is 463 Å². The van der Waals surface area contributed by atoms with E-state index in [1.807, 2.05) is 0 Å². The molecule has 0 aromatic rings. The van der Waals surface area contributed by atoms with Gasteiger partial charge in [0.25, 0.3) is 0 Å². The van der Waals surface area contributed by atoms with Gasteiger partial charge >= 0.3 is 0 Å². The third kappa shape index (κ3) is 18.4. The Balaban J connectivity index is 0.000000427. The number of likely N-dealkylation sites (tertiary alicyclic amines) is 7. The van der Waals surface area contributed by atoms with E-state index in [4.69, 9.17) is 0 Å². The van der Waals surface area contributed by atoms with Gasteiger partial charge < -0.3 is 31.4 Å². The van der Waals surface area contributed by atoms with Crippen LogP contribution < -0.4 is 0 Å². The zero-order valence-electron chi connectivity index (χ0n) is 56.3. The summed E-state index contributed by atoms with van der Waals surface area (Å²) in [7, 11) is 16.8. The van der Waals surface area contributed by atoms with Gasteiger partial charge in [0.05, 0.1) is 183 Å². The predicted molar refractivity (Wildman–Crippen MR) is 328 cm³/mol. The molecule has 7 heterocycles. The van der Waals surface area contributed by atoms with Crippen molar-refractivity contribution in [1.29, 1.82) is 0 Å². The third-order valence-corrected chi connectivity index (χ3v) is 25.4. The van der Waals surface area contributed by atoms with Crippen LogP contribution in [0.4, 0.5) is 0 Å². The summed E-state index contributed by atoms with van der Waals surface area (Å²) < 4.78 is 9.08. The van der Waals surface area contributed by atoms with E-state index in [1.165, 1.54) is 174 Å². The highest BCUT2D eigenvalue weighted by Gasteiger charge is 2.50. The molecule has 7 aliphatic heterocycles. The topological polar surface area (TPSA) is 0 Å². The summed E-state index contributed by atoms with van der Waals surface area (Å²) in [6, 6.07) is 6.98. The van der Waals surface area contributed by atoms with Gasteiger partial charge in [-0.2, -0.15) is 0 Å². The number of quaternary nitrogens is 7. The fraction of sp³-hybridized carbons (Fsp3) is 1.00. The Kier molecular flexibility index (Phi) is 29.4. The van der Waals surface area contributed by atoms with Gasteiger partial charge in [-0.05, 0) is 103 Å². The van der Waals surface area contributed by atoms with Crippen molar-refractivity contribution in [2.24, 2.45) is 41.4 Å². The lowest BCUT2D eigenvalue weighted by atomic mass is 9.92. The normalized spacial score (nSPS) is 47.5. The number of hydrogen-bond donors (Lipinski definition) is 0. The van der Waals surface area contributed by atoms with Crippen LogP contribution in [0.25, 0.3) is 0 Å². The molecule has 0 bridgehead atoms. The maximum absolute atomic E-state index is 2.44. The molecule has 19 unspecified atom stereocenters. The van der Waals surface area contributed by atoms with Gasteiger partial charge in [0, 0.05) is 86.4 Å². The molecule has 0 aromatic heterocycles. The van der Waals surface area contributed by atoms with Crippen molar-refractivity contribution in [3.05, 3.63) is 0 Å². The van der Waals surface area contributed by atoms with Crippen LogP contribution in [0.5, 0.6) is 0 Å². The monoisotopic (exact) mass is 1040 g/mol. The Bertz CT molecular complexity index is 1470. The average Bonchev–Trinajstić information content (AvgIpc) is 4.17. The molecule has 0 radical (unpaired) electrons. The first-order valence-corrected chi connectivity index (χ1v) is 32.5. The number of hydrogen-bond acceptors (Lipinski definition) is 0. The molecule has 0 N–H and O–H groups in total. The summed E-state index contributed by atoms with van der Waals surface area (Å²) in [5.41, 5.74) is 0. The van der Waals surface area contributed by atoms with Crippen molar-refractivity contribution in [1.82, 2.24) is 0 Å². The van der Waals surface area contributed by atoms with Crippen molar-refractivity contribution >= 4 is 0 Å². The summed E-state index contributed by atoms with van der Waals surface area (Å²) >= 11 is 0. The van der Waals surface area contributed by atoms with Crippen LogP contribution in [-0.4, -0.2) is 214 Å². The molecular weight excluding hydrogens is 891 g/mol. The Morgan fingerprint density at radius 2 is 0.795 bits per heavy atom. The highest BCUT2D eigenvalue weighted by Crippen LogP contribution is 2.40. The Morgan fingerprint density at radius 3 is 1.04 bits per heavy atom. The molecule has 7 nitrogen and oxygen atoms in total. The SMILES string of the molecule is CCC[N+]1(C)C(C)C(C)C(C)C1C.CCC[N+]1(C)C(C)CC(C)C1C.CC[N+]1(C)C(C)CCC1C.CC[N+]1(C)CC(C)C(C)C1.CC[N+]1(C)CCC(C)C1.CC[N+]1(C)CCC(C)C1C.CC[N+]1(C)CCCC1C. The lowest BCUT2D eigenvalue weighted by Crippen LogP contribution is -2.53. The van der Waals surface area contributed by atoms with Gasteiger partial charge in [0.15, 0.2) is 0 Å². The molecule has 7 fully saturated rings. The Hall–Kier alpha value is -0.280. The second-order valence-corrected chi connectivity index (χ2v) is 29.6. The minimum absolute atomic E-state index is 0.838. The zero-order chi connectivity index (χ0) is 56.7. The van der Waals surface area contributed by atoms with Gasteiger partial charge in [-0.25, -0.2) is 0 Å². The van der Waals surface area contributed by atoms with Crippen LogP contribution in [0.3, 0.4) is 0 Å². The molecule has 7 saturated heterocycles. The van der Waals surface area contributed by atoms with Crippen molar-refractivity contribution < 1.29 is 31.4 Å². The minimum atomic E-state index is 0.838. The first-order valence-electron chi connectivity index (χ1n) is 32.5. The summed E-state index contributed by atoms with van der Waals surface area (Å²) in [5.74, 6) is 6.45. The maximum atomic E-state index is 2.44. The van der Waals surface area contributed by atoms with E-state index in [1.54, 1.807) is 0 Å². The number of nitrogens with zero attached hydrogens (tertiary/aromatic N) is 7. The minimum Gasteiger partial charge on any atom is -0.326 e. The molecule has 0 spiro atoms. The average molecular weight is 1040 g/mol. The molecule has 0 amide bonds. The van der Waals surface area contributed by atoms with E-state index in [0.717, 1.165) is 89.8 Å². The second-order valence-electron chi connectivity index (χ2n) is 29.6. The van der Waals surface area contributed by atoms with E-state index in [0.29, 0.717) is 0 Å². The quantitative estimate of drug-likeness (QED) is 0.202. The van der Waals surface area contributed by atoms with E-state index in [2.05, 4.69) is 202 Å². The van der Waals surface area contributed by atoms with Crippen molar-refractivity contribution in [3.63, 3.8) is 0 Å². The molecule has 19 atom stereocenters. The van der Waals surface area contributed by atoms with Crippen LogP contribution in [0.15, 0.2) is 0 Å². The van der Waals surface area contributed by atoms with Crippen LogP contribution >= 0.6 is 0 Å². The van der Waals surface area contributed by atoms with Gasteiger partial charge in [-0.3, -0.25) is 0 Å². The van der Waals surface area contributed by atoms with Crippen LogP contribution in [-0.2, 0) is 0 Å². The first kappa shape index (κ1) is 70.7. The molecule has 7 heteroatoms. The fourth-order valence-corrected chi connectivity index (χ4v) is 15.8. The highest BCUT2D eigenvalue weighted by atomic mass is 15.4. The summed E-state index contributed by atoms with van der Waals surface area (Å²) in [5, 5.41) is 0. The van der Waals surface area contributed by atoms with Crippen LogP contribution in [0.1, 0.15) is 210 Å². The van der Waals surface area contributed by atoms with Gasteiger partial charge in [0.2, 0.25) is 0 Å². The fourth-order valence-electron chi connectivity index (χ4n) is 15.8. The molecule has 438 valence electrons. The first-order chi connectivity index (χ1) is 33.6. The van der Waals surface area contributed by atoms with Crippen LogP contribution in [0, 0.1) is 41.4 Å². The molecule has 0 saturated carbocycles. The largest absolute Gasteiger partial charge is 0.326 e. The van der Waals surface area contributed by atoms with E-state index < -0.39 is 0 Å². The van der Waals surface area contributed by atoms with E-state index in [-0.39, 0.29) is 0 Å². The van der Waals surface area contributed by atoms with E-state index >= 15 is 0 Å². The maximum Gasteiger partial charge on any atom is 0.0892 e. The van der Waals surface area contributed by atoms with Gasteiger partial charge in [-0.1, -0.05) is 62.3 Å². The second kappa shape index (κ2) is 30.3. The van der Waals surface area contributed by atoms with Crippen LogP contribution in [0.2, 0.25) is 0 Å². The van der Waals surface area contributed by atoms with Crippen molar-refractivity contribution in [2.45, 2.75) is 258 Å². The zero-order valence-corrected chi connectivity index (χ0v) is 56.3. The molecule has 7 aliphatic rings. The summed E-state index contributed by atoms with van der Waals surface area (Å²) in [6.45, 7) is 69.6. The highest BCUT2D eigenvalue weighted by molar-refractivity contribution is 4.82. The van der Waals surface area contributed by atoms with E-state index in [9.17, 15) is 0 Å². The standard InChI is InChI=1S/C12H26N.C11H24N.3C9H20N.2C8H18N/c1-7-8-13(6)11(4)9(2)10(3)12(13)5;1-6-7-12(5)10(3)8-9(2)11(12)4;1-5-10(4)6-8(2)9(3)7-10;1-5-10(4)7-6-8(2)9(10)3;1-5-10(4)8(2)6-7-9(10)3;1-4-9(3)6-5-8(2)7-9;1-4-9(3)7-5-6-8(9)2/h9-12H,7-8H2,1-6H3;9-11H,6-8H2,1-5H3;3*8-9H,5-7H2,1-4H3;2*8H,4-7H2,1-3H3/q7*+1. The Morgan fingerprint density at radius 1 is 0.329 bits per heavy atom. The summed E-state index contributed by atoms with van der Waals surface area (Å²) in [6.07, 6.45) is 12.6. The van der Waals surface area contributed by atoms with Crippen molar-refractivity contribution in [2.75, 3.05) is 134 Å². The molecule has 0 aliphatic carbocycles. The molecular formula is C66H146N7+7. The van der Waals surface area contributed by atoms with Gasteiger partial charge in [0.1, 0.15) is 0 Å². The summed E-state index contributed by atoms with van der Waals surface area (Å²) in [4.78, 5) is 0. The van der Waals surface area contributed by atoms with Gasteiger partial charge in [-0.15, -0.1) is 0 Å². The lowest BCUT2D eigenvalue weighted by molar-refractivity contribution is -0.942. The smallest absolute Gasteiger partial charge is 0.0892 e. The lowest BCUT2D eigenvalue weighted by Gasteiger charge is -2.39. The predicted octanol–water partition coefficient (Wildman–Crippen LogP) is 14.3. The third-order valence-electron chi connectivity index (χ3n) is 25.4. The van der Waals surface area contributed by atoms with Crippen molar-refractivity contribution in [3.8, 4) is 0 Å². The molecule has 7 rings (SSSR count).